The molecular formula is C10H9N3O2S. The van der Waals surface area contributed by atoms with Crippen LogP contribution in [0, 0.1) is 0 Å². The topological polar surface area (TPSA) is 66.6 Å². The van der Waals surface area contributed by atoms with Gasteiger partial charge in [-0.1, -0.05) is 12.1 Å². The third kappa shape index (κ3) is 1.35. The molecule has 2 rings (SSSR count). The summed E-state index contributed by atoms with van der Waals surface area (Å²) >= 11 is 4.73. The number of rotatable bonds is 1. The first-order chi connectivity index (χ1) is 7.54. The van der Waals surface area contributed by atoms with Gasteiger partial charge >= 0.3 is 0 Å². The van der Waals surface area contributed by atoms with Gasteiger partial charge in [0.2, 0.25) is 0 Å². The number of carbonyl (C=O) groups excluding carboxylic acids is 2. The molecule has 1 aliphatic heterocycles. The fourth-order valence-corrected chi connectivity index (χ4v) is 1.63. The van der Waals surface area contributed by atoms with Crippen molar-refractivity contribution in [2.75, 3.05) is 7.05 Å². The minimum Gasteiger partial charge on any atom is -0.375 e. The zero-order chi connectivity index (χ0) is 11.9. The average Bonchev–Trinajstić information content (AvgIpc) is 2.52. The Morgan fingerprint density at radius 2 is 1.69 bits per heavy atom. The Hall–Kier alpha value is -1.95. The van der Waals surface area contributed by atoms with E-state index in [2.05, 4.69) is 0 Å². The van der Waals surface area contributed by atoms with Gasteiger partial charge in [-0.25, -0.2) is 0 Å². The number of fused-ring (bicyclic) bond motifs is 1. The van der Waals surface area contributed by atoms with Crippen molar-refractivity contribution in [1.82, 2.24) is 10.0 Å². The summed E-state index contributed by atoms with van der Waals surface area (Å²) in [5.74, 6) is -0.813. The maximum atomic E-state index is 11.9. The predicted molar refractivity (Wildman–Crippen MR) is 61.5 cm³/mol. The summed E-state index contributed by atoms with van der Waals surface area (Å²) in [4.78, 5) is 23.8. The van der Waals surface area contributed by atoms with Crippen LogP contribution in [-0.2, 0) is 0 Å². The monoisotopic (exact) mass is 235 g/mol. The predicted octanol–water partition coefficient (Wildman–Crippen LogP) is 0.373. The highest BCUT2D eigenvalue weighted by molar-refractivity contribution is 7.80. The molecule has 1 aliphatic rings. The van der Waals surface area contributed by atoms with Crippen molar-refractivity contribution in [3.8, 4) is 0 Å². The van der Waals surface area contributed by atoms with E-state index in [0.717, 1.165) is 5.01 Å². The van der Waals surface area contributed by atoms with Crippen molar-refractivity contribution >= 4 is 29.1 Å². The summed E-state index contributed by atoms with van der Waals surface area (Å²) in [6, 6.07) is 6.61. The van der Waals surface area contributed by atoms with E-state index in [1.165, 1.54) is 12.1 Å². The Bertz CT molecular complexity index is 466. The lowest BCUT2D eigenvalue weighted by atomic mass is 10.1. The molecule has 0 spiro atoms. The molecule has 0 saturated heterocycles. The summed E-state index contributed by atoms with van der Waals surface area (Å²) in [5, 5.41) is 2.07. The number of amides is 2. The summed E-state index contributed by atoms with van der Waals surface area (Å²) < 4.78 is 0. The molecule has 0 radical (unpaired) electrons. The molecule has 1 heterocycles. The lowest BCUT2D eigenvalue weighted by Gasteiger charge is -2.25. The zero-order valence-corrected chi connectivity index (χ0v) is 9.32. The van der Waals surface area contributed by atoms with E-state index in [-0.39, 0.29) is 5.11 Å². The number of thiocarbonyl (C=S) groups is 1. The molecule has 0 unspecified atom stereocenters. The van der Waals surface area contributed by atoms with Crippen molar-refractivity contribution < 1.29 is 9.59 Å². The SMILES string of the molecule is CN(C(N)=S)N1C(=O)c2ccccc2C1=O. The first-order valence-electron chi connectivity index (χ1n) is 4.55. The summed E-state index contributed by atoms with van der Waals surface area (Å²) in [6.07, 6.45) is 0. The van der Waals surface area contributed by atoms with Crippen LogP contribution in [0.4, 0.5) is 0 Å². The highest BCUT2D eigenvalue weighted by Crippen LogP contribution is 2.23. The number of hydrogen-bond donors (Lipinski definition) is 1. The van der Waals surface area contributed by atoms with Gasteiger partial charge in [0.15, 0.2) is 5.11 Å². The second-order valence-corrected chi connectivity index (χ2v) is 3.75. The standard InChI is InChI=1S/C10H9N3O2S/c1-12(10(11)16)13-8(14)6-4-2-3-5-7(6)9(13)15/h2-5H,1H3,(H2,11,16). The molecule has 0 bridgehead atoms. The van der Waals surface area contributed by atoms with Crippen LogP contribution in [0.1, 0.15) is 20.7 Å². The molecular weight excluding hydrogens is 226 g/mol. The van der Waals surface area contributed by atoms with Crippen molar-refractivity contribution in [3.63, 3.8) is 0 Å². The van der Waals surface area contributed by atoms with Gasteiger partial charge in [0, 0.05) is 7.05 Å². The Balaban J connectivity index is 2.46. The smallest absolute Gasteiger partial charge is 0.280 e. The quantitative estimate of drug-likeness (QED) is 0.563. The molecule has 1 aromatic carbocycles. The fourth-order valence-electron chi connectivity index (χ4n) is 1.55. The molecule has 2 N–H and O–H groups in total. The van der Waals surface area contributed by atoms with Crippen LogP contribution in [0.3, 0.4) is 0 Å². The molecule has 0 saturated carbocycles. The van der Waals surface area contributed by atoms with Crippen molar-refractivity contribution in [2.45, 2.75) is 0 Å². The van der Waals surface area contributed by atoms with Gasteiger partial charge in [0.1, 0.15) is 0 Å². The van der Waals surface area contributed by atoms with E-state index in [9.17, 15) is 9.59 Å². The first-order valence-corrected chi connectivity index (χ1v) is 4.95. The number of imide groups is 1. The van der Waals surface area contributed by atoms with Crippen LogP contribution in [-0.4, -0.2) is 34.0 Å². The third-order valence-corrected chi connectivity index (χ3v) is 2.66. The molecule has 0 atom stereocenters. The summed E-state index contributed by atoms with van der Waals surface area (Å²) in [5.41, 5.74) is 6.13. The van der Waals surface area contributed by atoms with Gasteiger partial charge in [-0.15, -0.1) is 0 Å². The Labute approximate surface area is 97.4 Å². The zero-order valence-electron chi connectivity index (χ0n) is 8.51. The van der Waals surface area contributed by atoms with Crippen LogP contribution in [0.15, 0.2) is 24.3 Å². The number of benzene rings is 1. The molecule has 2 amide bonds. The molecule has 0 fully saturated rings. The molecule has 0 aliphatic carbocycles. The number of nitrogens with zero attached hydrogens (tertiary/aromatic N) is 2. The van der Waals surface area contributed by atoms with Gasteiger partial charge in [0.25, 0.3) is 11.8 Å². The van der Waals surface area contributed by atoms with Crippen LogP contribution in [0.5, 0.6) is 0 Å². The van der Waals surface area contributed by atoms with E-state index in [1.807, 2.05) is 0 Å². The number of hydrazine groups is 1. The molecule has 82 valence electrons. The average molecular weight is 235 g/mol. The maximum absolute atomic E-state index is 11.9. The normalized spacial score (nSPS) is 13.9. The van der Waals surface area contributed by atoms with Crippen LogP contribution < -0.4 is 5.73 Å². The van der Waals surface area contributed by atoms with Gasteiger partial charge in [-0.2, -0.15) is 5.01 Å². The third-order valence-electron chi connectivity index (χ3n) is 2.39. The Kier molecular flexibility index (Phi) is 2.35. The van der Waals surface area contributed by atoms with Gasteiger partial charge < -0.3 is 5.73 Å². The van der Waals surface area contributed by atoms with E-state index >= 15 is 0 Å². The molecule has 0 aromatic heterocycles. The minimum absolute atomic E-state index is 0.0329. The second-order valence-electron chi connectivity index (χ2n) is 3.33. The lowest BCUT2D eigenvalue weighted by molar-refractivity contribution is 0.0363. The Morgan fingerprint density at radius 1 is 1.25 bits per heavy atom. The first kappa shape index (κ1) is 10.6. The largest absolute Gasteiger partial charge is 0.375 e. The van der Waals surface area contributed by atoms with E-state index in [4.69, 9.17) is 18.0 Å². The van der Waals surface area contributed by atoms with Crippen molar-refractivity contribution in [2.24, 2.45) is 5.73 Å². The molecule has 6 heteroatoms. The van der Waals surface area contributed by atoms with Gasteiger partial charge in [-0.3, -0.25) is 14.6 Å². The number of nitrogens with two attached hydrogens (primary N) is 1. The molecule has 1 aromatic rings. The lowest BCUT2D eigenvalue weighted by Crippen LogP contribution is -2.49. The maximum Gasteiger partial charge on any atom is 0.280 e. The number of carbonyl (C=O) groups is 2. The van der Waals surface area contributed by atoms with E-state index in [1.54, 1.807) is 24.3 Å². The van der Waals surface area contributed by atoms with Crippen LogP contribution >= 0.6 is 12.2 Å². The fraction of sp³-hybridized carbons (Fsp3) is 0.100. The minimum atomic E-state index is -0.407. The number of hydrogen-bond acceptors (Lipinski definition) is 3. The van der Waals surface area contributed by atoms with Crippen LogP contribution in [0.25, 0.3) is 0 Å². The van der Waals surface area contributed by atoms with Gasteiger partial charge in [-0.05, 0) is 24.4 Å². The summed E-state index contributed by atoms with van der Waals surface area (Å²) in [7, 11) is 1.48. The van der Waals surface area contributed by atoms with Crippen molar-refractivity contribution in [1.29, 1.82) is 0 Å². The van der Waals surface area contributed by atoms with Crippen LogP contribution in [0.2, 0.25) is 0 Å². The summed E-state index contributed by atoms with van der Waals surface area (Å²) in [6.45, 7) is 0. The molecule has 16 heavy (non-hydrogen) atoms. The van der Waals surface area contributed by atoms with Crippen molar-refractivity contribution in [3.05, 3.63) is 35.4 Å². The van der Waals surface area contributed by atoms with E-state index in [0.29, 0.717) is 11.1 Å². The molecule has 5 nitrogen and oxygen atoms in total. The Morgan fingerprint density at radius 3 is 2.06 bits per heavy atom. The van der Waals surface area contributed by atoms with E-state index < -0.39 is 11.8 Å². The highest BCUT2D eigenvalue weighted by atomic mass is 32.1. The van der Waals surface area contributed by atoms with Gasteiger partial charge in [0.05, 0.1) is 11.1 Å². The highest BCUT2D eigenvalue weighted by Gasteiger charge is 2.38. The second kappa shape index (κ2) is 3.57.